The van der Waals surface area contributed by atoms with Gasteiger partial charge in [0.2, 0.25) is 10.0 Å². The number of hydrogen-bond donors (Lipinski definition) is 1. The van der Waals surface area contributed by atoms with Gasteiger partial charge in [-0.1, -0.05) is 0 Å². The van der Waals surface area contributed by atoms with E-state index in [1.165, 1.54) is 4.31 Å². The number of nitrogens with zero attached hydrogens (tertiary/aromatic N) is 3. The second kappa shape index (κ2) is 8.46. The molecule has 7 nitrogen and oxygen atoms in total. The number of ether oxygens (including phenoxy) is 1. The summed E-state index contributed by atoms with van der Waals surface area (Å²) in [5, 5.41) is 3.11. The molecule has 0 amide bonds. The Labute approximate surface area is 160 Å². The number of imidazole rings is 1. The van der Waals surface area contributed by atoms with Crippen LogP contribution >= 0.6 is 12.4 Å². The van der Waals surface area contributed by atoms with Gasteiger partial charge in [0, 0.05) is 39.1 Å². The van der Waals surface area contributed by atoms with Gasteiger partial charge in [-0.05, 0) is 18.2 Å². The molecule has 1 atom stereocenters. The highest BCUT2D eigenvalue weighted by Crippen LogP contribution is 2.30. The number of halogens is 4. The van der Waals surface area contributed by atoms with Crippen molar-refractivity contribution in [3.8, 4) is 5.75 Å². The standard InChI is InChI=1S/C15H17F3N4O3S.ClH/c1-21-6-5-20-14(21)12-9-19-4-7-22(12)26(23,24)10-2-3-13(11(16)8-10)25-15(17)18;/h2-3,5-6,8,12,15,19H,4,7,9H2,1H3;1H. The minimum atomic E-state index is -4.06. The quantitative estimate of drug-likeness (QED) is 0.790. The number of aromatic nitrogens is 2. The molecular weight excluding hydrogens is 409 g/mol. The van der Waals surface area contributed by atoms with Crippen LogP contribution in [0.15, 0.2) is 35.5 Å². The maximum atomic E-state index is 14.0. The highest BCUT2D eigenvalue weighted by molar-refractivity contribution is 7.89. The highest BCUT2D eigenvalue weighted by atomic mass is 35.5. The number of alkyl halides is 2. The molecule has 150 valence electrons. The zero-order chi connectivity index (χ0) is 18.9. The maximum absolute atomic E-state index is 14.0. The third-order valence-electron chi connectivity index (χ3n) is 4.08. The van der Waals surface area contributed by atoms with Crippen LogP contribution in [0.4, 0.5) is 13.2 Å². The van der Waals surface area contributed by atoms with E-state index in [4.69, 9.17) is 0 Å². The summed E-state index contributed by atoms with van der Waals surface area (Å²) in [7, 11) is -2.32. The molecule has 0 bridgehead atoms. The SMILES string of the molecule is Cl.Cn1ccnc1C1CNCCN1S(=O)(=O)c1ccc(OC(F)F)c(F)c1. The second-order valence-corrected chi connectivity index (χ2v) is 7.59. The fraction of sp³-hybridized carbons (Fsp3) is 0.400. The predicted octanol–water partition coefficient (Wildman–Crippen LogP) is 1.92. The lowest BCUT2D eigenvalue weighted by molar-refractivity contribution is -0.0522. The minimum Gasteiger partial charge on any atom is -0.432 e. The van der Waals surface area contributed by atoms with E-state index in [2.05, 4.69) is 15.0 Å². The number of rotatable bonds is 5. The van der Waals surface area contributed by atoms with Crippen molar-refractivity contribution in [3.63, 3.8) is 0 Å². The fourth-order valence-electron chi connectivity index (χ4n) is 2.86. The molecule has 1 saturated heterocycles. The molecule has 1 aliphatic rings. The van der Waals surface area contributed by atoms with Crippen LogP contribution in [0.3, 0.4) is 0 Å². The van der Waals surface area contributed by atoms with Crippen molar-refractivity contribution in [1.29, 1.82) is 0 Å². The van der Waals surface area contributed by atoms with Crippen LogP contribution in [-0.2, 0) is 17.1 Å². The van der Waals surface area contributed by atoms with E-state index < -0.39 is 34.2 Å². The van der Waals surface area contributed by atoms with E-state index in [9.17, 15) is 21.6 Å². The Morgan fingerprint density at radius 1 is 1.37 bits per heavy atom. The smallest absolute Gasteiger partial charge is 0.387 e. The number of sulfonamides is 1. The van der Waals surface area contributed by atoms with Crippen molar-refractivity contribution >= 4 is 22.4 Å². The molecule has 0 aliphatic carbocycles. The summed E-state index contributed by atoms with van der Waals surface area (Å²) in [6.07, 6.45) is 3.26. The Hall–Kier alpha value is -1.82. The van der Waals surface area contributed by atoms with Crippen molar-refractivity contribution in [2.75, 3.05) is 19.6 Å². The van der Waals surface area contributed by atoms with Crippen molar-refractivity contribution in [2.24, 2.45) is 7.05 Å². The van der Waals surface area contributed by atoms with E-state index in [-0.39, 0.29) is 23.8 Å². The van der Waals surface area contributed by atoms with Gasteiger partial charge in [0.1, 0.15) is 5.82 Å². The first kappa shape index (κ1) is 21.5. The monoisotopic (exact) mass is 426 g/mol. The molecule has 3 rings (SSSR count). The molecule has 1 aliphatic heterocycles. The number of hydrogen-bond acceptors (Lipinski definition) is 5. The average Bonchev–Trinajstić information content (AvgIpc) is 3.02. The molecular formula is C15H18ClF3N4O3S. The van der Waals surface area contributed by atoms with Crippen LogP contribution < -0.4 is 10.1 Å². The minimum absolute atomic E-state index is 0. The van der Waals surface area contributed by atoms with Gasteiger partial charge >= 0.3 is 6.61 Å². The summed E-state index contributed by atoms with van der Waals surface area (Å²) in [6.45, 7) is -2.27. The Morgan fingerprint density at radius 2 is 2.11 bits per heavy atom. The van der Waals surface area contributed by atoms with Crippen LogP contribution in [0.25, 0.3) is 0 Å². The molecule has 0 radical (unpaired) electrons. The molecule has 1 aromatic heterocycles. The van der Waals surface area contributed by atoms with Crippen molar-refractivity contribution in [1.82, 2.24) is 19.2 Å². The molecule has 27 heavy (non-hydrogen) atoms. The first-order valence-electron chi connectivity index (χ1n) is 7.75. The lowest BCUT2D eigenvalue weighted by Crippen LogP contribution is -2.49. The summed E-state index contributed by atoms with van der Waals surface area (Å²) >= 11 is 0. The molecule has 2 heterocycles. The average molecular weight is 427 g/mol. The predicted molar refractivity (Wildman–Crippen MR) is 93.0 cm³/mol. The van der Waals surface area contributed by atoms with Crippen molar-refractivity contribution in [2.45, 2.75) is 17.5 Å². The molecule has 2 aromatic rings. The van der Waals surface area contributed by atoms with E-state index in [1.807, 2.05) is 0 Å². The van der Waals surface area contributed by atoms with Crippen LogP contribution in [0.2, 0.25) is 0 Å². The number of aryl methyl sites for hydroxylation is 1. The zero-order valence-electron chi connectivity index (χ0n) is 14.2. The molecule has 1 fully saturated rings. The van der Waals surface area contributed by atoms with Gasteiger partial charge in [-0.25, -0.2) is 17.8 Å². The summed E-state index contributed by atoms with van der Waals surface area (Å²) in [4.78, 5) is 3.87. The summed E-state index contributed by atoms with van der Waals surface area (Å²) in [5.74, 6) is -1.34. The molecule has 1 aromatic carbocycles. The lowest BCUT2D eigenvalue weighted by Gasteiger charge is -2.34. The number of piperazine rings is 1. The van der Waals surface area contributed by atoms with E-state index in [0.717, 1.165) is 12.1 Å². The van der Waals surface area contributed by atoms with Gasteiger partial charge < -0.3 is 14.6 Å². The van der Waals surface area contributed by atoms with Crippen LogP contribution in [0, 0.1) is 5.82 Å². The fourth-order valence-corrected chi connectivity index (χ4v) is 4.46. The van der Waals surface area contributed by atoms with Crippen LogP contribution in [-0.4, -0.2) is 48.5 Å². The second-order valence-electron chi connectivity index (χ2n) is 5.70. The van der Waals surface area contributed by atoms with Gasteiger partial charge in [0.15, 0.2) is 11.6 Å². The first-order valence-corrected chi connectivity index (χ1v) is 9.19. The molecule has 1 N–H and O–H groups in total. The zero-order valence-corrected chi connectivity index (χ0v) is 15.8. The topological polar surface area (TPSA) is 76.5 Å². The number of benzene rings is 1. The normalized spacial score (nSPS) is 18.3. The lowest BCUT2D eigenvalue weighted by atomic mass is 10.2. The van der Waals surface area contributed by atoms with E-state index >= 15 is 0 Å². The molecule has 1 unspecified atom stereocenters. The molecule has 0 saturated carbocycles. The van der Waals surface area contributed by atoms with Gasteiger partial charge in [0.05, 0.1) is 10.9 Å². The van der Waals surface area contributed by atoms with E-state index in [0.29, 0.717) is 25.0 Å². The first-order chi connectivity index (χ1) is 12.3. The molecule has 12 heteroatoms. The largest absolute Gasteiger partial charge is 0.432 e. The van der Waals surface area contributed by atoms with E-state index in [1.54, 1.807) is 24.0 Å². The van der Waals surface area contributed by atoms with Crippen LogP contribution in [0.1, 0.15) is 11.9 Å². The maximum Gasteiger partial charge on any atom is 0.387 e. The summed E-state index contributed by atoms with van der Waals surface area (Å²) in [6, 6.07) is 2.04. The van der Waals surface area contributed by atoms with Crippen molar-refractivity contribution in [3.05, 3.63) is 42.2 Å². The highest BCUT2D eigenvalue weighted by Gasteiger charge is 2.36. The summed E-state index contributed by atoms with van der Waals surface area (Å²) in [5.41, 5.74) is 0. The van der Waals surface area contributed by atoms with Crippen molar-refractivity contribution < 1.29 is 26.3 Å². The Morgan fingerprint density at radius 3 is 2.70 bits per heavy atom. The van der Waals surface area contributed by atoms with Gasteiger partial charge in [-0.15, -0.1) is 12.4 Å². The Balaban J connectivity index is 0.00000261. The third kappa shape index (κ3) is 4.37. The Bertz CT molecular complexity index is 894. The van der Waals surface area contributed by atoms with Gasteiger partial charge in [0.25, 0.3) is 0 Å². The van der Waals surface area contributed by atoms with Crippen LogP contribution in [0.5, 0.6) is 5.75 Å². The van der Waals surface area contributed by atoms with Gasteiger partial charge in [-0.3, -0.25) is 0 Å². The van der Waals surface area contributed by atoms with Gasteiger partial charge in [-0.2, -0.15) is 13.1 Å². The Kier molecular flexibility index (Phi) is 6.73. The number of nitrogens with one attached hydrogen (secondary N) is 1. The molecule has 0 spiro atoms. The third-order valence-corrected chi connectivity index (χ3v) is 5.98. The summed E-state index contributed by atoms with van der Waals surface area (Å²) < 4.78 is 71.4.